The molecule has 0 radical (unpaired) electrons. The molecule has 0 saturated heterocycles. The van der Waals surface area contributed by atoms with Crippen molar-refractivity contribution in [1.82, 2.24) is 5.32 Å². The van der Waals surface area contributed by atoms with Crippen molar-refractivity contribution < 1.29 is 23.3 Å². The van der Waals surface area contributed by atoms with Crippen LogP contribution in [0.3, 0.4) is 0 Å². The minimum absolute atomic E-state index is 0.0846. The molecule has 0 spiro atoms. The average Bonchev–Trinajstić information content (AvgIpc) is 2.51. The zero-order valence-electron chi connectivity index (χ0n) is 13.9. The molecule has 0 bridgehead atoms. The summed E-state index contributed by atoms with van der Waals surface area (Å²) in [6.45, 7) is 2.18. The summed E-state index contributed by atoms with van der Waals surface area (Å²) in [5, 5.41) is 3.03. The first-order chi connectivity index (χ1) is 11.4. The molecule has 1 aromatic carbocycles. The molecular formula is C16H25ClNO5P. The van der Waals surface area contributed by atoms with Gasteiger partial charge in [-0.2, -0.15) is 0 Å². The molecule has 1 amide bonds. The van der Waals surface area contributed by atoms with E-state index in [0.29, 0.717) is 11.4 Å². The van der Waals surface area contributed by atoms with Crippen LogP contribution in [0.15, 0.2) is 24.3 Å². The number of rotatable bonds is 12. The summed E-state index contributed by atoms with van der Waals surface area (Å²) >= 11 is 5.77. The topological polar surface area (TPSA) is 84.9 Å². The highest BCUT2D eigenvalue weighted by Crippen LogP contribution is 2.43. The van der Waals surface area contributed by atoms with Crippen LogP contribution in [0, 0.1) is 0 Å². The summed E-state index contributed by atoms with van der Waals surface area (Å²) in [6, 6.07) is 6.13. The van der Waals surface area contributed by atoms with Crippen LogP contribution in [0.25, 0.3) is 0 Å². The molecule has 0 aliphatic rings. The Morgan fingerprint density at radius 3 is 2.75 bits per heavy atom. The molecule has 0 saturated carbocycles. The van der Waals surface area contributed by atoms with E-state index >= 15 is 0 Å². The standard InChI is InChI=1S/C16H25ClNO5P/c1-2-3-4-5-6-10-16(19)18-11-12-22-24(20,21)23-15-9-7-8-14(17)13-15/h7-9,13H,2-6,10-12H2,1H3,(H,18,19)(H,20,21). The largest absolute Gasteiger partial charge is 0.527 e. The number of unbranched alkanes of at least 4 members (excludes halogenated alkanes) is 4. The zero-order valence-corrected chi connectivity index (χ0v) is 15.5. The number of hydrogen-bond donors (Lipinski definition) is 2. The van der Waals surface area contributed by atoms with Gasteiger partial charge in [-0.3, -0.25) is 14.2 Å². The highest BCUT2D eigenvalue weighted by atomic mass is 35.5. The summed E-state index contributed by atoms with van der Waals surface area (Å²) in [5.41, 5.74) is 0. The Bertz CT molecular complexity index is 555. The second-order valence-electron chi connectivity index (χ2n) is 5.36. The van der Waals surface area contributed by atoms with Crippen molar-refractivity contribution in [3.05, 3.63) is 29.3 Å². The molecule has 1 rings (SSSR count). The van der Waals surface area contributed by atoms with Crippen molar-refractivity contribution in [3.63, 3.8) is 0 Å². The summed E-state index contributed by atoms with van der Waals surface area (Å²) in [5.74, 6) is 0.0584. The third-order valence-electron chi connectivity index (χ3n) is 3.20. The quantitative estimate of drug-likeness (QED) is 0.418. The number of amides is 1. The van der Waals surface area contributed by atoms with Gasteiger partial charge in [-0.1, -0.05) is 50.3 Å². The highest BCUT2D eigenvalue weighted by Gasteiger charge is 2.22. The van der Waals surface area contributed by atoms with Gasteiger partial charge in [0, 0.05) is 18.0 Å². The molecule has 0 heterocycles. The highest BCUT2D eigenvalue weighted by molar-refractivity contribution is 7.47. The molecule has 1 aromatic rings. The fourth-order valence-corrected chi connectivity index (χ4v) is 2.95. The van der Waals surface area contributed by atoms with Crippen molar-refractivity contribution in [2.45, 2.75) is 45.4 Å². The van der Waals surface area contributed by atoms with Gasteiger partial charge in [-0.05, 0) is 24.6 Å². The summed E-state index contributed by atoms with van der Waals surface area (Å²) in [6.07, 6.45) is 5.84. The Labute approximate surface area is 148 Å². The number of nitrogens with one attached hydrogen (secondary N) is 1. The number of carbonyl (C=O) groups is 1. The number of hydrogen-bond acceptors (Lipinski definition) is 4. The molecule has 8 heteroatoms. The van der Waals surface area contributed by atoms with E-state index in [2.05, 4.69) is 12.2 Å². The van der Waals surface area contributed by atoms with Crippen LogP contribution in [-0.2, 0) is 13.9 Å². The molecule has 136 valence electrons. The third kappa shape index (κ3) is 9.93. The molecular weight excluding hydrogens is 353 g/mol. The zero-order chi connectivity index (χ0) is 17.8. The molecule has 0 aromatic heterocycles. The maximum atomic E-state index is 11.8. The van der Waals surface area contributed by atoms with Crippen molar-refractivity contribution >= 4 is 25.3 Å². The van der Waals surface area contributed by atoms with Gasteiger partial charge in [0.2, 0.25) is 5.91 Å². The number of halogens is 1. The second kappa shape index (κ2) is 11.5. The Kier molecular flexibility index (Phi) is 10.0. The van der Waals surface area contributed by atoms with E-state index < -0.39 is 7.82 Å². The molecule has 0 aliphatic carbocycles. The lowest BCUT2D eigenvalue weighted by Gasteiger charge is -2.13. The van der Waals surface area contributed by atoms with Crippen molar-refractivity contribution in [2.24, 2.45) is 0 Å². The number of carbonyl (C=O) groups excluding carboxylic acids is 1. The van der Waals surface area contributed by atoms with Crippen LogP contribution < -0.4 is 9.84 Å². The van der Waals surface area contributed by atoms with Crippen LogP contribution in [0.4, 0.5) is 0 Å². The Morgan fingerprint density at radius 1 is 1.29 bits per heavy atom. The Morgan fingerprint density at radius 2 is 2.04 bits per heavy atom. The van der Waals surface area contributed by atoms with Crippen molar-refractivity contribution in [1.29, 1.82) is 0 Å². The van der Waals surface area contributed by atoms with Gasteiger partial charge in [-0.15, -0.1) is 0 Å². The lowest BCUT2D eigenvalue weighted by atomic mass is 10.1. The lowest BCUT2D eigenvalue weighted by Crippen LogP contribution is -2.26. The van der Waals surface area contributed by atoms with Crippen LogP contribution >= 0.6 is 19.4 Å². The number of benzene rings is 1. The first-order valence-electron chi connectivity index (χ1n) is 8.12. The molecule has 0 fully saturated rings. The summed E-state index contributed by atoms with van der Waals surface area (Å²) < 4.78 is 21.5. The lowest BCUT2D eigenvalue weighted by molar-refractivity contribution is -0.121. The van der Waals surface area contributed by atoms with Crippen molar-refractivity contribution in [2.75, 3.05) is 13.2 Å². The molecule has 2 N–H and O–H groups in total. The van der Waals surface area contributed by atoms with E-state index in [-0.39, 0.29) is 24.8 Å². The predicted molar refractivity (Wildman–Crippen MR) is 94.2 cm³/mol. The van der Waals surface area contributed by atoms with Gasteiger partial charge in [0.05, 0.1) is 6.61 Å². The van der Waals surface area contributed by atoms with Gasteiger partial charge in [0.15, 0.2) is 0 Å². The second-order valence-corrected chi connectivity index (χ2v) is 7.18. The van der Waals surface area contributed by atoms with Gasteiger partial charge in [0.25, 0.3) is 0 Å². The van der Waals surface area contributed by atoms with E-state index in [1.54, 1.807) is 12.1 Å². The third-order valence-corrected chi connectivity index (χ3v) is 4.39. The molecule has 24 heavy (non-hydrogen) atoms. The minimum atomic E-state index is -4.24. The monoisotopic (exact) mass is 377 g/mol. The molecule has 1 atom stereocenters. The predicted octanol–water partition coefficient (Wildman–Crippen LogP) is 4.31. The van der Waals surface area contributed by atoms with Crippen LogP contribution in [0.1, 0.15) is 45.4 Å². The minimum Gasteiger partial charge on any atom is -0.404 e. The average molecular weight is 378 g/mol. The van der Waals surface area contributed by atoms with Gasteiger partial charge < -0.3 is 9.84 Å². The van der Waals surface area contributed by atoms with E-state index in [1.807, 2.05) is 0 Å². The van der Waals surface area contributed by atoms with E-state index in [0.717, 1.165) is 19.3 Å². The smallest absolute Gasteiger partial charge is 0.404 e. The maximum Gasteiger partial charge on any atom is 0.527 e. The van der Waals surface area contributed by atoms with Crippen molar-refractivity contribution in [3.8, 4) is 5.75 Å². The summed E-state index contributed by atoms with van der Waals surface area (Å²) in [4.78, 5) is 21.2. The fraction of sp³-hybridized carbons (Fsp3) is 0.562. The first-order valence-corrected chi connectivity index (χ1v) is 9.99. The fourth-order valence-electron chi connectivity index (χ4n) is 2.01. The molecule has 6 nitrogen and oxygen atoms in total. The number of phosphoric acid groups is 1. The van der Waals surface area contributed by atoms with E-state index in [4.69, 9.17) is 20.6 Å². The summed E-state index contributed by atoms with van der Waals surface area (Å²) in [7, 11) is -4.24. The maximum absolute atomic E-state index is 11.8. The number of phosphoric ester groups is 1. The van der Waals surface area contributed by atoms with E-state index in [9.17, 15) is 14.3 Å². The SMILES string of the molecule is CCCCCCCC(=O)NCCOP(=O)(O)Oc1cccc(Cl)c1. The van der Waals surface area contributed by atoms with Crippen LogP contribution in [0.2, 0.25) is 5.02 Å². The molecule has 0 aliphatic heterocycles. The van der Waals surface area contributed by atoms with Gasteiger partial charge >= 0.3 is 7.82 Å². The Balaban J connectivity index is 2.17. The van der Waals surface area contributed by atoms with E-state index in [1.165, 1.54) is 25.0 Å². The van der Waals surface area contributed by atoms with Crippen LogP contribution in [-0.4, -0.2) is 24.0 Å². The normalized spacial score (nSPS) is 13.3. The Hall–Kier alpha value is -1.07. The van der Waals surface area contributed by atoms with Crippen LogP contribution in [0.5, 0.6) is 5.75 Å². The first kappa shape index (κ1) is 21.0. The van der Waals surface area contributed by atoms with Gasteiger partial charge in [-0.25, -0.2) is 4.57 Å². The van der Waals surface area contributed by atoms with Gasteiger partial charge in [0.1, 0.15) is 5.75 Å². The molecule has 1 unspecified atom stereocenters.